The molecular weight excluding hydrogens is 180 g/mol. The molecule has 1 aromatic rings. The molecule has 0 nitrogen and oxygen atoms in total. The Morgan fingerprint density at radius 2 is 0.800 bits per heavy atom. The van der Waals surface area contributed by atoms with Crippen molar-refractivity contribution in [2.75, 3.05) is 0 Å². The maximum Gasteiger partial charge on any atom is -0.0395 e. The zero-order valence-electron chi connectivity index (χ0n) is 11.9. The summed E-state index contributed by atoms with van der Waals surface area (Å²) in [6.07, 6.45) is 1.25. The van der Waals surface area contributed by atoms with Gasteiger partial charge in [-0.1, -0.05) is 46.2 Å². The molecule has 0 fully saturated rings. The van der Waals surface area contributed by atoms with Crippen LogP contribution in [0.2, 0.25) is 0 Å². The Labute approximate surface area is 96.7 Å². The largest absolute Gasteiger partial charge is 0.0683 e. The molecule has 0 amide bonds. The van der Waals surface area contributed by atoms with Gasteiger partial charge in [-0.25, -0.2) is 0 Å². The molecule has 0 heteroatoms. The fourth-order valence-corrected chi connectivity index (χ4v) is 1.10. The summed E-state index contributed by atoms with van der Waals surface area (Å²) in [7, 11) is 0. The molecule has 0 spiro atoms. The first-order valence-electron chi connectivity index (χ1n) is 6.07. The minimum absolute atomic E-state index is 1.25. The Bertz CT molecular complexity index is 209. The number of hydrogen-bond acceptors (Lipinski definition) is 0. The third kappa shape index (κ3) is 7.18. The molecule has 0 saturated carbocycles. The Balaban J connectivity index is 0. The topological polar surface area (TPSA) is 0 Å². The highest BCUT2D eigenvalue weighted by Gasteiger charge is 1.95. The monoisotopic (exact) mass is 208 g/mol. The zero-order valence-corrected chi connectivity index (χ0v) is 11.9. The Hall–Kier alpha value is -0.780. The van der Waals surface area contributed by atoms with Gasteiger partial charge in [0.1, 0.15) is 0 Å². The second-order valence-electron chi connectivity index (χ2n) is 3.73. The van der Waals surface area contributed by atoms with Crippen molar-refractivity contribution in [3.05, 3.63) is 34.4 Å². The van der Waals surface area contributed by atoms with Crippen LogP contribution in [0.4, 0.5) is 0 Å². The van der Waals surface area contributed by atoms with Gasteiger partial charge < -0.3 is 0 Å². The Morgan fingerprint density at radius 1 is 0.667 bits per heavy atom. The van der Waals surface area contributed by atoms with E-state index in [0.717, 1.165) is 0 Å². The van der Waals surface area contributed by atoms with E-state index < -0.39 is 0 Å². The van der Waals surface area contributed by atoms with Crippen LogP contribution in [0.3, 0.4) is 0 Å². The van der Waals surface area contributed by atoms with Crippen LogP contribution < -0.4 is 0 Å². The highest BCUT2D eigenvalue weighted by molar-refractivity contribution is 5.35. The Morgan fingerprint density at radius 3 is 0.933 bits per heavy atom. The van der Waals surface area contributed by atoms with E-state index in [2.05, 4.69) is 53.7 Å². The minimum Gasteiger partial charge on any atom is -0.0683 e. The summed E-state index contributed by atoms with van der Waals surface area (Å²) >= 11 is 0. The Kier molecular flexibility index (Phi) is 10.8. The molecule has 15 heavy (non-hydrogen) atoms. The lowest BCUT2D eigenvalue weighted by Crippen LogP contribution is -1.86. The summed E-state index contributed by atoms with van der Waals surface area (Å²) in [6.45, 7) is 16.9. The summed E-state index contributed by atoms with van der Waals surface area (Å²) in [4.78, 5) is 0. The van der Waals surface area contributed by atoms with Crippen molar-refractivity contribution >= 4 is 0 Å². The predicted molar refractivity (Wildman–Crippen MR) is 72.7 cm³/mol. The molecule has 0 heterocycles. The van der Waals surface area contributed by atoms with Gasteiger partial charge in [0, 0.05) is 0 Å². The number of aryl methyl sites for hydroxylation is 4. The molecular formula is C15H28. The van der Waals surface area contributed by atoms with Crippen LogP contribution in [0.1, 0.15) is 56.4 Å². The smallest absolute Gasteiger partial charge is 0.0395 e. The molecule has 0 bridgehead atoms. The van der Waals surface area contributed by atoms with Gasteiger partial charge in [0.05, 0.1) is 0 Å². The summed E-state index contributed by atoms with van der Waals surface area (Å²) in [6, 6.07) is 4.48. The normalized spacial score (nSPS) is 8.27. The lowest BCUT2D eigenvalue weighted by atomic mass is 10.0. The summed E-state index contributed by atoms with van der Waals surface area (Å²) in [5, 5.41) is 0. The lowest BCUT2D eigenvalue weighted by molar-refractivity contribution is 1.09. The quantitative estimate of drug-likeness (QED) is 0.538. The molecule has 0 aliphatic rings. The van der Waals surface area contributed by atoms with Gasteiger partial charge in [0.2, 0.25) is 0 Å². The number of hydrogen-bond donors (Lipinski definition) is 0. The van der Waals surface area contributed by atoms with Gasteiger partial charge in [-0.3, -0.25) is 0 Å². The van der Waals surface area contributed by atoms with Crippen molar-refractivity contribution in [1.29, 1.82) is 0 Å². The maximum atomic E-state index is 2.24. The molecule has 0 saturated heterocycles. The van der Waals surface area contributed by atoms with Crippen molar-refractivity contribution in [2.45, 2.75) is 61.8 Å². The SMILES string of the molecule is CC.CCC.Cc1cc(C)c(C)cc1C. The van der Waals surface area contributed by atoms with Crippen LogP contribution in [0.25, 0.3) is 0 Å². The fourth-order valence-electron chi connectivity index (χ4n) is 1.10. The third-order valence-corrected chi connectivity index (χ3v) is 2.11. The predicted octanol–water partition coefficient (Wildman–Crippen LogP) is 5.36. The molecule has 1 rings (SSSR count). The molecule has 0 aliphatic carbocycles. The van der Waals surface area contributed by atoms with Crippen LogP contribution in [0.15, 0.2) is 12.1 Å². The fraction of sp³-hybridized carbons (Fsp3) is 0.600. The molecule has 0 N–H and O–H groups in total. The number of benzene rings is 1. The van der Waals surface area contributed by atoms with Gasteiger partial charge in [-0.15, -0.1) is 0 Å². The first kappa shape index (κ1) is 16.6. The van der Waals surface area contributed by atoms with Gasteiger partial charge >= 0.3 is 0 Å². The van der Waals surface area contributed by atoms with Crippen molar-refractivity contribution in [3.8, 4) is 0 Å². The van der Waals surface area contributed by atoms with Crippen molar-refractivity contribution in [1.82, 2.24) is 0 Å². The average Bonchev–Trinajstić information content (AvgIpc) is 2.19. The molecule has 0 atom stereocenters. The van der Waals surface area contributed by atoms with Crippen LogP contribution >= 0.6 is 0 Å². The van der Waals surface area contributed by atoms with Crippen LogP contribution in [-0.4, -0.2) is 0 Å². The van der Waals surface area contributed by atoms with E-state index in [-0.39, 0.29) is 0 Å². The van der Waals surface area contributed by atoms with E-state index in [1.807, 2.05) is 13.8 Å². The summed E-state index contributed by atoms with van der Waals surface area (Å²) < 4.78 is 0. The van der Waals surface area contributed by atoms with Gasteiger partial charge in [0.15, 0.2) is 0 Å². The summed E-state index contributed by atoms with van der Waals surface area (Å²) in [5.41, 5.74) is 5.57. The van der Waals surface area contributed by atoms with E-state index in [1.165, 1.54) is 28.7 Å². The molecule has 0 aliphatic heterocycles. The van der Waals surface area contributed by atoms with Crippen molar-refractivity contribution in [2.24, 2.45) is 0 Å². The highest BCUT2D eigenvalue weighted by atomic mass is 14.0. The first-order chi connectivity index (χ1) is 7.02. The standard InChI is InChI=1S/C10H14.C3H8.C2H6/c1-7-5-9(3)10(4)6-8(7)2;1-3-2;1-2/h5-6H,1-4H3;3H2,1-2H3;1-2H3. The second-order valence-corrected chi connectivity index (χ2v) is 3.73. The van der Waals surface area contributed by atoms with Gasteiger partial charge in [-0.2, -0.15) is 0 Å². The second kappa shape index (κ2) is 9.76. The molecule has 0 unspecified atom stereocenters. The minimum atomic E-state index is 1.25. The van der Waals surface area contributed by atoms with Gasteiger partial charge in [-0.05, 0) is 49.9 Å². The zero-order chi connectivity index (χ0) is 12.4. The average molecular weight is 208 g/mol. The third-order valence-electron chi connectivity index (χ3n) is 2.11. The number of rotatable bonds is 0. The van der Waals surface area contributed by atoms with Crippen LogP contribution in [0, 0.1) is 27.7 Å². The molecule has 0 aromatic heterocycles. The van der Waals surface area contributed by atoms with E-state index in [0.29, 0.717) is 0 Å². The van der Waals surface area contributed by atoms with Crippen LogP contribution in [0.5, 0.6) is 0 Å². The van der Waals surface area contributed by atoms with Gasteiger partial charge in [0.25, 0.3) is 0 Å². The van der Waals surface area contributed by atoms with E-state index in [9.17, 15) is 0 Å². The van der Waals surface area contributed by atoms with E-state index in [1.54, 1.807) is 0 Å². The molecule has 0 radical (unpaired) electrons. The molecule has 1 aromatic carbocycles. The first-order valence-corrected chi connectivity index (χ1v) is 6.07. The lowest BCUT2D eigenvalue weighted by Gasteiger charge is -2.04. The van der Waals surface area contributed by atoms with E-state index >= 15 is 0 Å². The molecule has 88 valence electrons. The highest BCUT2D eigenvalue weighted by Crippen LogP contribution is 2.13. The van der Waals surface area contributed by atoms with E-state index in [4.69, 9.17) is 0 Å². The van der Waals surface area contributed by atoms with Crippen molar-refractivity contribution < 1.29 is 0 Å². The van der Waals surface area contributed by atoms with Crippen LogP contribution in [-0.2, 0) is 0 Å². The van der Waals surface area contributed by atoms with Crippen molar-refractivity contribution in [3.63, 3.8) is 0 Å². The maximum absolute atomic E-state index is 2.24. The summed E-state index contributed by atoms with van der Waals surface area (Å²) in [5.74, 6) is 0.